The SMILES string of the molecule is CC(C(=O)O)N(C)Cc1cnoc1. The molecule has 1 heterocycles. The maximum Gasteiger partial charge on any atom is 0.320 e. The number of aliphatic carboxylic acids is 1. The monoisotopic (exact) mass is 184 g/mol. The Kier molecular flexibility index (Phi) is 3.02. The van der Waals surface area contributed by atoms with Crippen LogP contribution in [-0.2, 0) is 11.3 Å². The molecule has 0 amide bonds. The van der Waals surface area contributed by atoms with E-state index in [1.165, 1.54) is 6.26 Å². The summed E-state index contributed by atoms with van der Waals surface area (Å²) in [5.74, 6) is -0.834. The van der Waals surface area contributed by atoms with Crippen molar-refractivity contribution in [1.82, 2.24) is 10.1 Å². The van der Waals surface area contributed by atoms with Crippen molar-refractivity contribution in [1.29, 1.82) is 0 Å². The molecule has 1 unspecified atom stereocenters. The molecule has 0 bridgehead atoms. The molecular weight excluding hydrogens is 172 g/mol. The molecule has 0 spiro atoms. The Morgan fingerprint density at radius 2 is 2.54 bits per heavy atom. The first-order chi connectivity index (χ1) is 6.11. The summed E-state index contributed by atoms with van der Waals surface area (Å²) in [7, 11) is 1.74. The van der Waals surface area contributed by atoms with Crippen LogP contribution in [0.2, 0.25) is 0 Å². The zero-order valence-corrected chi connectivity index (χ0v) is 7.60. The van der Waals surface area contributed by atoms with Crippen molar-refractivity contribution in [3.05, 3.63) is 18.0 Å². The molecule has 0 saturated heterocycles. The quantitative estimate of drug-likeness (QED) is 0.741. The second kappa shape index (κ2) is 4.04. The Morgan fingerprint density at radius 3 is 3.00 bits per heavy atom. The highest BCUT2D eigenvalue weighted by Gasteiger charge is 2.16. The second-order valence-electron chi connectivity index (χ2n) is 2.96. The lowest BCUT2D eigenvalue weighted by molar-refractivity contribution is -0.142. The molecule has 0 aliphatic rings. The third-order valence-electron chi connectivity index (χ3n) is 1.93. The number of aromatic nitrogens is 1. The minimum Gasteiger partial charge on any atom is -0.480 e. The van der Waals surface area contributed by atoms with Crippen molar-refractivity contribution in [2.24, 2.45) is 0 Å². The average molecular weight is 184 g/mol. The summed E-state index contributed by atoms with van der Waals surface area (Å²) in [5.41, 5.74) is 0.871. The number of likely N-dealkylation sites (N-methyl/N-ethyl adjacent to an activating group) is 1. The fourth-order valence-corrected chi connectivity index (χ4v) is 0.918. The van der Waals surface area contributed by atoms with Crippen molar-refractivity contribution in [2.45, 2.75) is 19.5 Å². The molecule has 1 aromatic heterocycles. The van der Waals surface area contributed by atoms with E-state index in [9.17, 15) is 4.79 Å². The summed E-state index contributed by atoms with van der Waals surface area (Å²) in [5, 5.41) is 12.2. The van der Waals surface area contributed by atoms with E-state index in [1.807, 2.05) is 0 Å². The fourth-order valence-electron chi connectivity index (χ4n) is 0.918. The van der Waals surface area contributed by atoms with E-state index >= 15 is 0 Å². The van der Waals surface area contributed by atoms with Crippen molar-refractivity contribution in [2.75, 3.05) is 7.05 Å². The summed E-state index contributed by atoms with van der Waals surface area (Å²) in [6.07, 6.45) is 3.08. The van der Waals surface area contributed by atoms with Crippen LogP contribution in [-0.4, -0.2) is 34.2 Å². The first-order valence-corrected chi connectivity index (χ1v) is 3.92. The van der Waals surface area contributed by atoms with Crippen LogP contribution >= 0.6 is 0 Å². The number of carboxylic acid groups (broad SMARTS) is 1. The third-order valence-corrected chi connectivity index (χ3v) is 1.93. The lowest BCUT2D eigenvalue weighted by Gasteiger charge is -2.19. The normalized spacial score (nSPS) is 13.2. The summed E-state index contributed by atoms with van der Waals surface area (Å²) in [6.45, 7) is 2.16. The zero-order valence-electron chi connectivity index (χ0n) is 7.60. The standard InChI is InChI=1S/C8H12N2O3/c1-6(8(11)12)10(2)4-7-3-9-13-5-7/h3,5-6H,4H2,1-2H3,(H,11,12). The van der Waals surface area contributed by atoms with Gasteiger partial charge in [0.25, 0.3) is 0 Å². The van der Waals surface area contributed by atoms with E-state index in [0.29, 0.717) is 6.54 Å². The highest BCUT2D eigenvalue weighted by atomic mass is 16.5. The Labute approximate surface area is 75.9 Å². The molecule has 0 aromatic carbocycles. The Morgan fingerprint density at radius 1 is 1.85 bits per heavy atom. The van der Waals surface area contributed by atoms with Crippen LogP contribution in [0.3, 0.4) is 0 Å². The van der Waals surface area contributed by atoms with Gasteiger partial charge in [-0.15, -0.1) is 0 Å². The molecular formula is C8H12N2O3. The molecule has 0 aliphatic carbocycles. The van der Waals surface area contributed by atoms with Crippen LogP contribution in [0, 0.1) is 0 Å². The van der Waals surface area contributed by atoms with Gasteiger partial charge in [0.05, 0.1) is 6.20 Å². The van der Waals surface area contributed by atoms with E-state index in [1.54, 1.807) is 25.1 Å². The van der Waals surface area contributed by atoms with Crippen LogP contribution in [0.25, 0.3) is 0 Å². The molecule has 1 atom stereocenters. The van der Waals surface area contributed by atoms with Gasteiger partial charge in [-0.25, -0.2) is 0 Å². The first-order valence-electron chi connectivity index (χ1n) is 3.92. The van der Waals surface area contributed by atoms with Crippen molar-refractivity contribution in [3.63, 3.8) is 0 Å². The van der Waals surface area contributed by atoms with Gasteiger partial charge in [-0.1, -0.05) is 5.16 Å². The topological polar surface area (TPSA) is 66.6 Å². The molecule has 0 aliphatic heterocycles. The average Bonchev–Trinajstić information content (AvgIpc) is 2.55. The Hall–Kier alpha value is -1.36. The van der Waals surface area contributed by atoms with E-state index in [-0.39, 0.29) is 0 Å². The van der Waals surface area contributed by atoms with E-state index in [0.717, 1.165) is 5.56 Å². The summed E-state index contributed by atoms with van der Waals surface area (Å²) in [4.78, 5) is 12.3. The smallest absolute Gasteiger partial charge is 0.320 e. The van der Waals surface area contributed by atoms with Crippen LogP contribution in [0.15, 0.2) is 17.0 Å². The molecule has 1 N–H and O–H groups in total. The van der Waals surface area contributed by atoms with Crippen molar-refractivity contribution < 1.29 is 14.4 Å². The molecule has 13 heavy (non-hydrogen) atoms. The summed E-state index contributed by atoms with van der Waals surface area (Å²) >= 11 is 0. The van der Waals surface area contributed by atoms with Gasteiger partial charge in [0.1, 0.15) is 12.3 Å². The first kappa shape index (κ1) is 9.73. The van der Waals surface area contributed by atoms with Gasteiger partial charge in [-0.05, 0) is 14.0 Å². The van der Waals surface area contributed by atoms with E-state index < -0.39 is 12.0 Å². The predicted octanol–water partition coefficient (Wildman–Crippen LogP) is 0.579. The van der Waals surface area contributed by atoms with Crippen LogP contribution < -0.4 is 0 Å². The Balaban J connectivity index is 2.50. The fraction of sp³-hybridized carbons (Fsp3) is 0.500. The largest absolute Gasteiger partial charge is 0.480 e. The zero-order chi connectivity index (χ0) is 9.84. The van der Waals surface area contributed by atoms with Gasteiger partial charge in [0.15, 0.2) is 0 Å². The van der Waals surface area contributed by atoms with E-state index in [4.69, 9.17) is 5.11 Å². The number of rotatable bonds is 4. The summed E-state index contributed by atoms with van der Waals surface area (Å²) < 4.78 is 4.63. The van der Waals surface area contributed by atoms with E-state index in [2.05, 4.69) is 9.68 Å². The number of hydrogen-bond acceptors (Lipinski definition) is 4. The second-order valence-corrected chi connectivity index (χ2v) is 2.96. The van der Waals surface area contributed by atoms with Crippen LogP contribution in [0.1, 0.15) is 12.5 Å². The van der Waals surface area contributed by atoms with Gasteiger partial charge in [0, 0.05) is 12.1 Å². The molecule has 0 radical (unpaired) electrons. The van der Waals surface area contributed by atoms with Gasteiger partial charge in [-0.2, -0.15) is 0 Å². The van der Waals surface area contributed by atoms with Gasteiger partial charge >= 0.3 is 5.97 Å². The number of nitrogens with zero attached hydrogens (tertiary/aromatic N) is 2. The van der Waals surface area contributed by atoms with Gasteiger partial charge in [-0.3, -0.25) is 9.69 Å². The molecule has 5 heteroatoms. The van der Waals surface area contributed by atoms with Crippen LogP contribution in [0.4, 0.5) is 0 Å². The van der Waals surface area contributed by atoms with Crippen LogP contribution in [0.5, 0.6) is 0 Å². The molecule has 0 fully saturated rings. The molecule has 5 nitrogen and oxygen atoms in total. The Bertz CT molecular complexity index is 271. The lowest BCUT2D eigenvalue weighted by Crippen LogP contribution is -2.35. The lowest BCUT2D eigenvalue weighted by atomic mass is 10.2. The van der Waals surface area contributed by atoms with Crippen molar-refractivity contribution in [3.8, 4) is 0 Å². The number of carboxylic acids is 1. The number of carbonyl (C=O) groups is 1. The third kappa shape index (κ3) is 2.55. The highest BCUT2D eigenvalue weighted by molar-refractivity contribution is 5.72. The maximum absolute atomic E-state index is 10.6. The minimum absolute atomic E-state index is 0.505. The van der Waals surface area contributed by atoms with Gasteiger partial charge in [0.2, 0.25) is 0 Å². The summed E-state index contributed by atoms with van der Waals surface area (Å²) in [6, 6.07) is -0.505. The highest BCUT2D eigenvalue weighted by Crippen LogP contribution is 2.04. The molecule has 1 aromatic rings. The van der Waals surface area contributed by atoms with Crippen molar-refractivity contribution >= 4 is 5.97 Å². The molecule has 1 rings (SSSR count). The molecule has 0 saturated carbocycles. The maximum atomic E-state index is 10.6. The predicted molar refractivity (Wildman–Crippen MR) is 45.1 cm³/mol. The number of hydrogen-bond donors (Lipinski definition) is 1. The van der Waals surface area contributed by atoms with Gasteiger partial charge < -0.3 is 9.63 Å². The minimum atomic E-state index is -0.834. The molecule has 72 valence electrons.